The highest BCUT2D eigenvalue weighted by molar-refractivity contribution is 8.00. The largest absolute Gasteiger partial charge is 0.310 e. The maximum absolute atomic E-state index is 13.8. The summed E-state index contributed by atoms with van der Waals surface area (Å²) in [5.74, 6) is -0.727. The van der Waals surface area contributed by atoms with E-state index in [9.17, 15) is 13.6 Å². The molecule has 0 bridgehead atoms. The monoisotopic (exact) mass is 371 g/mol. The van der Waals surface area contributed by atoms with Crippen molar-refractivity contribution in [1.82, 2.24) is 9.78 Å². The van der Waals surface area contributed by atoms with Gasteiger partial charge in [0, 0.05) is 11.6 Å². The molecule has 0 fully saturated rings. The molecule has 1 atom stereocenters. The first-order valence-electron chi connectivity index (χ1n) is 8.05. The molecular weight excluding hydrogens is 356 g/mol. The van der Waals surface area contributed by atoms with Gasteiger partial charge in [0.05, 0.1) is 22.4 Å². The Morgan fingerprint density at radius 1 is 1.15 bits per heavy atom. The Bertz CT molecular complexity index is 968. The highest BCUT2D eigenvalue weighted by Gasteiger charge is 2.31. The quantitative estimate of drug-likeness (QED) is 0.733. The molecule has 7 heteroatoms. The van der Waals surface area contributed by atoms with Crippen LogP contribution in [0.3, 0.4) is 0 Å². The third kappa shape index (κ3) is 2.99. The van der Waals surface area contributed by atoms with Gasteiger partial charge in [0.15, 0.2) is 0 Å². The molecule has 4 rings (SSSR count). The van der Waals surface area contributed by atoms with Crippen LogP contribution in [0.4, 0.5) is 14.6 Å². The zero-order chi connectivity index (χ0) is 18.3. The smallest absolute Gasteiger partial charge is 0.235 e. The second kappa shape index (κ2) is 6.57. The number of aromatic nitrogens is 2. The van der Waals surface area contributed by atoms with Crippen LogP contribution in [-0.4, -0.2) is 21.4 Å². The van der Waals surface area contributed by atoms with Gasteiger partial charge in [-0.1, -0.05) is 18.2 Å². The zero-order valence-electron chi connectivity index (χ0n) is 13.9. The number of amides is 1. The van der Waals surface area contributed by atoms with Crippen LogP contribution in [0.2, 0.25) is 0 Å². The molecule has 1 amide bonds. The van der Waals surface area contributed by atoms with Crippen LogP contribution >= 0.6 is 11.8 Å². The van der Waals surface area contributed by atoms with Crippen molar-refractivity contribution in [2.75, 3.05) is 11.1 Å². The van der Waals surface area contributed by atoms with Crippen LogP contribution in [-0.2, 0) is 4.79 Å². The maximum Gasteiger partial charge on any atom is 0.235 e. The fraction of sp³-hybridized carbons (Fsp3) is 0.158. The first-order chi connectivity index (χ1) is 12.5. The Hall–Kier alpha value is -2.67. The number of rotatable bonds is 2. The number of hydrogen-bond donors (Lipinski definition) is 1. The van der Waals surface area contributed by atoms with Gasteiger partial charge in [0.25, 0.3) is 0 Å². The number of hydrogen-bond acceptors (Lipinski definition) is 3. The average Bonchev–Trinajstić information content (AvgIpc) is 2.81. The molecule has 1 N–H and O–H groups in total. The standard InChI is InChI=1S/C19H15F2N3OS/c1-11-17-18(12-7-13(20)9-14(21)8-12)26-10-16(25)22-19(17)24(23-11)15-5-3-2-4-6-15/h2-9,18H,10H2,1H3,(H,22,25). The Balaban J connectivity index is 1.91. The van der Waals surface area contributed by atoms with E-state index in [0.717, 1.165) is 17.3 Å². The normalized spacial score (nSPS) is 16.7. The summed E-state index contributed by atoms with van der Waals surface area (Å²) in [6.45, 7) is 1.83. The van der Waals surface area contributed by atoms with Gasteiger partial charge in [0.1, 0.15) is 17.5 Å². The van der Waals surface area contributed by atoms with Crippen molar-refractivity contribution >= 4 is 23.5 Å². The molecule has 1 aromatic heterocycles. The average molecular weight is 371 g/mol. The molecule has 1 aliphatic heterocycles. The van der Waals surface area contributed by atoms with Crippen LogP contribution in [0.25, 0.3) is 5.69 Å². The number of anilines is 1. The number of nitrogens with zero attached hydrogens (tertiary/aromatic N) is 2. The summed E-state index contributed by atoms with van der Waals surface area (Å²) in [4.78, 5) is 12.2. The second-order valence-electron chi connectivity index (χ2n) is 6.04. The summed E-state index contributed by atoms with van der Waals surface area (Å²) in [7, 11) is 0. The van der Waals surface area contributed by atoms with Crippen molar-refractivity contribution < 1.29 is 13.6 Å². The number of nitrogens with one attached hydrogen (secondary N) is 1. The van der Waals surface area contributed by atoms with E-state index < -0.39 is 16.9 Å². The third-order valence-corrected chi connectivity index (χ3v) is 5.47. The number of benzene rings is 2. The number of aryl methyl sites for hydroxylation is 1. The van der Waals surface area contributed by atoms with Crippen LogP contribution in [0, 0.1) is 18.6 Å². The molecule has 1 aliphatic rings. The molecule has 26 heavy (non-hydrogen) atoms. The predicted octanol–water partition coefficient (Wildman–Crippen LogP) is 4.23. The Morgan fingerprint density at radius 3 is 2.54 bits per heavy atom. The van der Waals surface area contributed by atoms with Gasteiger partial charge in [-0.05, 0) is 36.8 Å². The highest BCUT2D eigenvalue weighted by atomic mass is 32.2. The summed E-state index contributed by atoms with van der Waals surface area (Å²) in [6, 6.07) is 12.9. The molecule has 0 radical (unpaired) electrons. The summed E-state index contributed by atoms with van der Waals surface area (Å²) >= 11 is 1.33. The topological polar surface area (TPSA) is 46.9 Å². The number of carbonyl (C=O) groups excluding carboxylic acids is 1. The summed E-state index contributed by atoms with van der Waals surface area (Å²) in [5, 5.41) is 7.06. The first-order valence-corrected chi connectivity index (χ1v) is 9.10. The minimum Gasteiger partial charge on any atom is -0.310 e. The van der Waals surface area contributed by atoms with Gasteiger partial charge >= 0.3 is 0 Å². The molecule has 0 saturated carbocycles. The van der Waals surface area contributed by atoms with E-state index in [4.69, 9.17) is 0 Å². The summed E-state index contributed by atoms with van der Waals surface area (Å²) in [5.41, 5.74) is 2.73. The van der Waals surface area contributed by atoms with E-state index in [1.807, 2.05) is 37.3 Å². The van der Waals surface area contributed by atoms with Gasteiger partial charge in [0.2, 0.25) is 5.91 Å². The van der Waals surface area contributed by atoms with Crippen molar-refractivity contribution in [2.45, 2.75) is 12.2 Å². The highest BCUT2D eigenvalue weighted by Crippen LogP contribution is 2.44. The van der Waals surface area contributed by atoms with E-state index >= 15 is 0 Å². The molecule has 1 unspecified atom stereocenters. The number of para-hydroxylation sites is 1. The number of carbonyl (C=O) groups is 1. The van der Waals surface area contributed by atoms with Gasteiger partial charge in [-0.25, -0.2) is 13.5 Å². The molecule has 0 aliphatic carbocycles. The lowest BCUT2D eigenvalue weighted by molar-refractivity contribution is -0.113. The second-order valence-corrected chi connectivity index (χ2v) is 7.13. The molecule has 3 aromatic rings. The van der Waals surface area contributed by atoms with Gasteiger partial charge < -0.3 is 5.32 Å². The molecule has 4 nitrogen and oxygen atoms in total. The SMILES string of the molecule is Cc1nn(-c2ccccc2)c2c1C(c1cc(F)cc(F)c1)SCC(=O)N2. The lowest BCUT2D eigenvalue weighted by atomic mass is 10.0. The number of fused-ring (bicyclic) bond motifs is 1. The van der Waals surface area contributed by atoms with E-state index in [-0.39, 0.29) is 11.7 Å². The number of halogens is 2. The third-order valence-electron chi connectivity index (χ3n) is 4.20. The molecule has 0 saturated heterocycles. The first kappa shape index (κ1) is 16.8. The summed E-state index contributed by atoms with van der Waals surface area (Å²) in [6.07, 6.45) is 0. The Labute approximate surface area is 153 Å². The molecule has 2 aromatic carbocycles. The fourth-order valence-corrected chi connectivity index (χ4v) is 4.30. The van der Waals surface area contributed by atoms with E-state index in [1.165, 1.54) is 23.9 Å². The molecule has 0 spiro atoms. The lowest BCUT2D eigenvalue weighted by Gasteiger charge is -2.15. The summed E-state index contributed by atoms with van der Waals surface area (Å²) < 4.78 is 29.2. The molecule has 2 heterocycles. The van der Waals surface area contributed by atoms with Crippen LogP contribution in [0.15, 0.2) is 48.5 Å². The maximum atomic E-state index is 13.8. The predicted molar refractivity (Wildman–Crippen MR) is 97.6 cm³/mol. The minimum atomic E-state index is -0.640. The van der Waals surface area contributed by atoms with Crippen molar-refractivity contribution in [1.29, 1.82) is 0 Å². The Morgan fingerprint density at radius 2 is 1.85 bits per heavy atom. The van der Waals surface area contributed by atoms with Gasteiger partial charge in [-0.2, -0.15) is 5.10 Å². The van der Waals surface area contributed by atoms with Gasteiger partial charge in [-0.3, -0.25) is 4.79 Å². The fourth-order valence-electron chi connectivity index (χ4n) is 3.13. The van der Waals surface area contributed by atoms with E-state index in [0.29, 0.717) is 17.1 Å². The van der Waals surface area contributed by atoms with Crippen LogP contribution in [0.1, 0.15) is 22.1 Å². The van der Waals surface area contributed by atoms with Crippen molar-refractivity contribution in [3.8, 4) is 5.69 Å². The molecular formula is C19H15F2N3OS. The van der Waals surface area contributed by atoms with Gasteiger partial charge in [-0.15, -0.1) is 11.8 Å². The Kier molecular flexibility index (Phi) is 4.24. The van der Waals surface area contributed by atoms with E-state index in [2.05, 4.69) is 10.4 Å². The van der Waals surface area contributed by atoms with E-state index in [1.54, 1.807) is 4.68 Å². The number of thioether (sulfide) groups is 1. The van der Waals surface area contributed by atoms with Crippen LogP contribution < -0.4 is 5.32 Å². The van der Waals surface area contributed by atoms with Crippen molar-refractivity contribution in [3.05, 3.63) is 77.0 Å². The molecule has 132 valence electrons. The van der Waals surface area contributed by atoms with Crippen LogP contribution in [0.5, 0.6) is 0 Å². The lowest BCUT2D eigenvalue weighted by Crippen LogP contribution is -2.15. The van der Waals surface area contributed by atoms with Crippen molar-refractivity contribution in [2.24, 2.45) is 0 Å². The zero-order valence-corrected chi connectivity index (χ0v) is 14.7. The van der Waals surface area contributed by atoms with Crippen molar-refractivity contribution in [3.63, 3.8) is 0 Å². The minimum absolute atomic E-state index is 0.173.